The fourth-order valence-corrected chi connectivity index (χ4v) is 8.90. The number of amides is 1. The molecule has 3 atom stereocenters. The minimum atomic E-state index is -4.36. The van der Waals surface area contributed by atoms with Gasteiger partial charge in [0.2, 0.25) is 5.91 Å². The molecule has 0 aliphatic heterocycles. The van der Waals surface area contributed by atoms with E-state index in [0.717, 1.165) is 83.5 Å². The van der Waals surface area contributed by atoms with E-state index in [9.17, 15) is 19.4 Å². The minimum absolute atomic E-state index is 0.0514. The largest absolute Gasteiger partial charge is 0.472 e. The van der Waals surface area contributed by atoms with Gasteiger partial charge in [0.05, 0.1) is 39.9 Å². The molecular formula is C63H114N2O6P+. The second-order valence-electron chi connectivity index (χ2n) is 21.0. The topological polar surface area (TPSA) is 105 Å². The summed E-state index contributed by atoms with van der Waals surface area (Å²) in [4.78, 5) is 23.2. The Bertz CT molecular complexity index is 1490. The molecule has 0 radical (unpaired) electrons. The van der Waals surface area contributed by atoms with Crippen molar-refractivity contribution in [3.8, 4) is 0 Å². The normalized spacial score (nSPS) is 14.6. The number of quaternary nitrogens is 1. The summed E-state index contributed by atoms with van der Waals surface area (Å²) in [7, 11) is 1.54. The van der Waals surface area contributed by atoms with Gasteiger partial charge in [-0.1, -0.05) is 246 Å². The molecule has 0 fully saturated rings. The fourth-order valence-electron chi connectivity index (χ4n) is 8.16. The van der Waals surface area contributed by atoms with E-state index in [-0.39, 0.29) is 19.1 Å². The van der Waals surface area contributed by atoms with Crippen LogP contribution in [0, 0.1) is 0 Å². The highest BCUT2D eigenvalue weighted by Crippen LogP contribution is 2.43. The van der Waals surface area contributed by atoms with Crippen molar-refractivity contribution >= 4 is 13.7 Å². The van der Waals surface area contributed by atoms with Crippen molar-refractivity contribution in [2.75, 3.05) is 40.9 Å². The van der Waals surface area contributed by atoms with Gasteiger partial charge in [-0.3, -0.25) is 13.8 Å². The molecule has 0 rings (SSSR count). The maximum atomic E-state index is 13.0. The van der Waals surface area contributed by atoms with E-state index in [1.165, 1.54) is 141 Å². The van der Waals surface area contributed by atoms with Crippen molar-refractivity contribution in [1.29, 1.82) is 0 Å². The molecule has 0 saturated heterocycles. The Morgan fingerprint density at radius 2 is 0.847 bits per heavy atom. The lowest BCUT2D eigenvalue weighted by molar-refractivity contribution is -0.870. The average molecular weight is 1030 g/mol. The van der Waals surface area contributed by atoms with E-state index in [1.807, 2.05) is 27.2 Å². The Labute approximate surface area is 445 Å². The Balaban J connectivity index is 3.98. The molecule has 3 N–H and O–H groups in total. The van der Waals surface area contributed by atoms with Crippen LogP contribution in [0.1, 0.15) is 245 Å². The zero-order chi connectivity index (χ0) is 52.7. The number of allylic oxidation sites excluding steroid dienone is 15. The van der Waals surface area contributed by atoms with Crippen molar-refractivity contribution in [3.63, 3.8) is 0 Å². The Hall–Kier alpha value is -2.58. The maximum Gasteiger partial charge on any atom is 0.472 e. The van der Waals surface area contributed by atoms with Gasteiger partial charge in [0, 0.05) is 6.42 Å². The zero-order valence-corrected chi connectivity index (χ0v) is 48.3. The number of phosphoric ester groups is 1. The molecule has 416 valence electrons. The highest BCUT2D eigenvalue weighted by atomic mass is 31.2. The number of nitrogens with zero attached hydrogens (tertiary/aromatic N) is 1. The van der Waals surface area contributed by atoms with Crippen LogP contribution in [0.4, 0.5) is 0 Å². The number of phosphoric acid groups is 1. The second kappa shape index (κ2) is 53.3. The molecule has 0 saturated carbocycles. The van der Waals surface area contributed by atoms with Crippen LogP contribution in [0.15, 0.2) is 97.2 Å². The monoisotopic (exact) mass is 1030 g/mol. The molecule has 9 heteroatoms. The van der Waals surface area contributed by atoms with Gasteiger partial charge in [-0.05, 0) is 89.9 Å². The number of carbonyl (C=O) groups excluding carboxylic acids is 1. The van der Waals surface area contributed by atoms with Crippen LogP contribution >= 0.6 is 7.82 Å². The first-order valence-electron chi connectivity index (χ1n) is 29.6. The van der Waals surface area contributed by atoms with Crippen LogP contribution in [0.5, 0.6) is 0 Å². The summed E-state index contributed by atoms with van der Waals surface area (Å²) in [5.41, 5.74) is 0. The van der Waals surface area contributed by atoms with E-state index in [4.69, 9.17) is 9.05 Å². The predicted octanol–water partition coefficient (Wildman–Crippen LogP) is 18.2. The van der Waals surface area contributed by atoms with Gasteiger partial charge in [0.15, 0.2) is 0 Å². The number of aliphatic hydroxyl groups excluding tert-OH is 1. The summed E-state index contributed by atoms with van der Waals surface area (Å²) in [6, 6.07) is -0.872. The Morgan fingerprint density at radius 1 is 0.486 bits per heavy atom. The van der Waals surface area contributed by atoms with E-state index < -0.39 is 20.0 Å². The van der Waals surface area contributed by atoms with Gasteiger partial charge in [-0.25, -0.2) is 4.57 Å². The Kier molecular flexibility index (Phi) is 51.3. The first-order valence-corrected chi connectivity index (χ1v) is 31.1. The first kappa shape index (κ1) is 69.4. The minimum Gasteiger partial charge on any atom is -0.387 e. The van der Waals surface area contributed by atoms with Crippen molar-refractivity contribution in [1.82, 2.24) is 5.32 Å². The van der Waals surface area contributed by atoms with Crippen molar-refractivity contribution in [2.24, 2.45) is 0 Å². The molecule has 0 bridgehead atoms. The van der Waals surface area contributed by atoms with Crippen LogP contribution in [0.3, 0.4) is 0 Å². The molecule has 0 aliphatic rings. The molecule has 0 aliphatic carbocycles. The van der Waals surface area contributed by atoms with Gasteiger partial charge in [0.25, 0.3) is 0 Å². The number of aliphatic hydroxyl groups is 1. The van der Waals surface area contributed by atoms with E-state index in [2.05, 4.69) is 104 Å². The quantitative estimate of drug-likeness (QED) is 0.0243. The van der Waals surface area contributed by atoms with Gasteiger partial charge >= 0.3 is 7.82 Å². The van der Waals surface area contributed by atoms with Crippen LogP contribution in [0.25, 0.3) is 0 Å². The summed E-state index contributed by atoms with van der Waals surface area (Å²) in [6.45, 7) is 4.64. The lowest BCUT2D eigenvalue weighted by atomic mass is 10.0. The number of unbranched alkanes of at least 4 members (excludes halogenated alkanes) is 26. The first-order chi connectivity index (χ1) is 35.0. The Morgan fingerprint density at radius 3 is 1.28 bits per heavy atom. The molecule has 8 nitrogen and oxygen atoms in total. The van der Waals surface area contributed by atoms with Gasteiger partial charge in [-0.15, -0.1) is 0 Å². The highest BCUT2D eigenvalue weighted by molar-refractivity contribution is 7.47. The van der Waals surface area contributed by atoms with Crippen molar-refractivity contribution < 1.29 is 32.9 Å². The van der Waals surface area contributed by atoms with E-state index >= 15 is 0 Å². The molecule has 0 heterocycles. The lowest BCUT2D eigenvalue weighted by Gasteiger charge is -2.25. The summed E-state index contributed by atoms with van der Waals surface area (Å²) >= 11 is 0. The third-order valence-corrected chi connectivity index (χ3v) is 13.7. The summed E-state index contributed by atoms with van der Waals surface area (Å²) < 4.78 is 23.6. The molecular weight excluding hydrogens is 912 g/mol. The molecule has 0 aromatic heterocycles. The van der Waals surface area contributed by atoms with Gasteiger partial charge < -0.3 is 19.8 Å². The third-order valence-electron chi connectivity index (χ3n) is 12.8. The third kappa shape index (κ3) is 55.2. The molecule has 72 heavy (non-hydrogen) atoms. The number of rotatable bonds is 53. The zero-order valence-electron chi connectivity index (χ0n) is 47.4. The van der Waals surface area contributed by atoms with Crippen LogP contribution in [-0.2, 0) is 18.4 Å². The van der Waals surface area contributed by atoms with Gasteiger partial charge in [0.1, 0.15) is 13.2 Å². The smallest absolute Gasteiger partial charge is 0.387 e. The highest BCUT2D eigenvalue weighted by Gasteiger charge is 2.27. The molecule has 3 unspecified atom stereocenters. The molecule has 1 amide bonds. The van der Waals surface area contributed by atoms with Crippen molar-refractivity contribution in [3.05, 3.63) is 97.2 Å². The van der Waals surface area contributed by atoms with Crippen LogP contribution < -0.4 is 5.32 Å². The molecule has 0 spiro atoms. The molecule has 0 aromatic rings. The van der Waals surface area contributed by atoms with E-state index in [1.54, 1.807) is 6.08 Å². The lowest BCUT2D eigenvalue weighted by Crippen LogP contribution is -2.45. The van der Waals surface area contributed by atoms with E-state index in [0.29, 0.717) is 17.4 Å². The number of likely N-dealkylation sites (N-methyl/N-ethyl adjacent to an activating group) is 1. The summed E-state index contributed by atoms with van der Waals surface area (Å²) in [6.07, 6.45) is 76.8. The number of hydrogen-bond donors (Lipinski definition) is 3. The summed E-state index contributed by atoms with van der Waals surface area (Å²) in [5, 5.41) is 13.9. The fraction of sp³-hybridized carbons (Fsp3) is 0.730. The van der Waals surface area contributed by atoms with Gasteiger partial charge in [-0.2, -0.15) is 0 Å². The second-order valence-corrected chi connectivity index (χ2v) is 22.4. The van der Waals surface area contributed by atoms with Crippen LogP contribution in [-0.4, -0.2) is 73.4 Å². The maximum absolute atomic E-state index is 13.0. The molecule has 0 aromatic carbocycles. The SMILES string of the molecule is CC/C=C\C/C=C\C/C=C\C/C=C\C/C=C\CCCCCCCCCCCCCCCCCCCCCCCC(=O)NC(COP(=O)(O)OCC[N+](C)(C)C)C(O)/C=C/CC/C=C/CC/C=C/CCCCC. The number of nitrogens with one attached hydrogen (secondary N) is 1. The predicted molar refractivity (Wildman–Crippen MR) is 313 cm³/mol. The summed E-state index contributed by atoms with van der Waals surface area (Å²) in [5.74, 6) is -0.192. The van der Waals surface area contributed by atoms with Crippen LogP contribution in [0.2, 0.25) is 0 Å². The number of carbonyl (C=O) groups is 1. The number of hydrogen-bond acceptors (Lipinski definition) is 5. The van der Waals surface area contributed by atoms with Crippen molar-refractivity contribution in [2.45, 2.75) is 257 Å². The average Bonchev–Trinajstić information content (AvgIpc) is 3.34. The standard InChI is InChI=1S/C63H113N2O6P/c1-6-8-10-12-14-16-18-20-21-22-23-24-25-26-27-28-29-30-31-32-33-34-35-36-37-38-39-40-41-42-43-45-47-49-51-53-55-57-63(67)64-61(60-71-72(68,69)70-59-58-65(3,4)5)62(66)56-54-52-50-48-46-44-19-17-15-13-11-9-7-2/h8,10,14-17,20-21,23-24,26-27,46,48,54,56,61-62,66H,6-7,9,11-13,18-19,22,25,28-45,47,49-53,55,57-60H2,1-5H3,(H-,64,67,68,69)/p+1/b10-8-,16-14-,17-15+,21-20-,24-23-,27-26-,48-46+,56-54+.